The Kier molecular flexibility index (Phi) is 5.67. The number of fused-ring (bicyclic) bond motifs is 1. The number of nitrogens with zero attached hydrogens (tertiary/aromatic N) is 2. The zero-order chi connectivity index (χ0) is 23.0. The molecular formula is C23H24N4O5. The third-order valence-corrected chi connectivity index (χ3v) is 6.43. The standard InChI is InChI=1S/C23H24N4O5/c24-17-10-26-9-8-14(17)20(25)12-4-6-13(7-5-12)21(28)16-11-27(23(31)32)18-3-1-2-15(19(16)18)22(29)30/h1-3,8-13,20H,4-7,24-25H2,(H,29,30)(H,31,32). The van der Waals surface area contributed by atoms with E-state index >= 15 is 0 Å². The maximum Gasteiger partial charge on any atom is 0.416 e. The monoisotopic (exact) mass is 436 g/mol. The second kappa shape index (κ2) is 8.43. The van der Waals surface area contributed by atoms with Crippen molar-refractivity contribution < 1.29 is 24.6 Å². The van der Waals surface area contributed by atoms with Crippen LogP contribution in [-0.2, 0) is 0 Å². The molecule has 0 aliphatic heterocycles. The van der Waals surface area contributed by atoms with E-state index in [9.17, 15) is 24.6 Å². The van der Waals surface area contributed by atoms with Gasteiger partial charge in [-0.1, -0.05) is 6.07 Å². The first-order valence-electron chi connectivity index (χ1n) is 10.4. The number of benzene rings is 1. The maximum atomic E-state index is 13.4. The summed E-state index contributed by atoms with van der Waals surface area (Å²) in [6.07, 6.45) is 5.76. The van der Waals surface area contributed by atoms with Crippen LogP contribution in [-0.4, -0.2) is 37.6 Å². The number of carboxylic acid groups (broad SMARTS) is 2. The van der Waals surface area contributed by atoms with Gasteiger partial charge in [-0.05, 0) is 55.4 Å². The van der Waals surface area contributed by atoms with Crippen molar-refractivity contribution in [2.75, 3.05) is 5.73 Å². The number of carbonyl (C=O) groups is 3. The molecular weight excluding hydrogens is 412 g/mol. The Hall–Kier alpha value is -3.72. The number of hydrogen-bond acceptors (Lipinski definition) is 6. The molecule has 1 aliphatic rings. The summed E-state index contributed by atoms with van der Waals surface area (Å²) in [5, 5.41) is 19.3. The molecule has 1 aliphatic carbocycles. The number of carbonyl (C=O) groups excluding carboxylic acids is 1. The quantitative estimate of drug-likeness (QED) is 0.442. The highest BCUT2D eigenvalue weighted by Gasteiger charge is 2.33. The zero-order valence-corrected chi connectivity index (χ0v) is 17.3. The molecule has 3 aromatic rings. The van der Waals surface area contributed by atoms with Gasteiger partial charge in [0.05, 0.1) is 23.0 Å². The SMILES string of the molecule is Nc1cnccc1C(N)C1CCC(C(=O)c2cn(C(=O)O)c3cccc(C(=O)O)c23)CC1. The van der Waals surface area contributed by atoms with Crippen LogP contribution in [0.4, 0.5) is 10.5 Å². The van der Waals surface area contributed by atoms with E-state index in [-0.39, 0.29) is 45.7 Å². The lowest BCUT2D eigenvalue weighted by atomic mass is 9.74. The van der Waals surface area contributed by atoms with Crippen LogP contribution in [0, 0.1) is 11.8 Å². The van der Waals surface area contributed by atoms with E-state index in [1.54, 1.807) is 12.4 Å². The number of nitrogen functional groups attached to an aromatic ring is 1. The molecule has 1 aromatic carbocycles. The third kappa shape index (κ3) is 3.71. The fraction of sp³-hybridized carbons (Fsp3) is 0.304. The number of aromatic carboxylic acids is 1. The number of aromatic nitrogens is 2. The minimum absolute atomic E-state index is 0.0882. The number of hydrogen-bond donors (Lipinski definition) is 4. The van der Waals surface area contributed by atoms with Crippen molar-refractivity contribution in [2.45, 2.75) is 31.7 Å². The second-order valence-corrected chi connectivity index (χ2v) is 8.21. The van der Waals surface area contributed by atoms with Gasteiger partial charge < -0.3 is 21.7 Å². The van der Waals surface area contributed by atoms with Crippen LogP contribution in [0.3, 0.4) is 0 Å². The second-order valence-electron chi connectivity index (χ2n) is 8.21. The average Bonchev–Trinajstić information content (AvgIpc) is 3.18. The molecule has 0 bridgehead atoms. The van der Waals surface area contributed by atoms with Crippen LogP contribution in [0.25, 0.3) is 10.9 Å². The summed E-state index contributed by atoms with van der Waals surface area (Å²) in [5.74, 6) is -1.63. The first kappa shape index (κ1) is 21.5. The highest BCUT2D eigenvalue weighted by molar-refractivity contribution is 6.16. The summed E-state index contributed by atoms with van der Waals surface area (Å²) in [6, 6.07) is 5.90. The molecule has 6 N–H and O–H groups in total. The van der Waals surface area contributed by atoms with Crippen molar-refractivity contribution in [3.63, 3.8) is 0 Å². The molecule has 9 heteroatoms. The van der Waals surface area contributed by atoms with E-state index in [0.29, 0.717) is 31.4 Å². The minimum atomic E-state index is -1.28. The topological polar surface area (TPSA) is 162 Å². The molecule has 0 spiro atoms. The van der Waals surface area contributed by atoms with Crippen molar-refractivity contribution in [2.24, 2.45) is 17.6 Å². The first-order valence-corrected chi connectivity index (χ1v) is 10.4. The molecule has 1 unspecified atom stereocenters. The molecule has 2 heterocycles. The van der Waals surface area contributed by atoms with Crippen LogP contribution in [0.15, 0.2) is 42.9 Å². The normalized spacial score (nSPS) is 19.5. The number of ketones is 1. The molecule has 32 heavy (non-hydrogen) atoms. The van der Waals surface area contributed by atoms with Gasteiger partial charge in [0, 0.05) is 35.3 Å². The number of nitrogens with two attached hydrogens (primary N) is 2. The van der Waals surface area contributed by atoms with E-state index in [2.05, 4.69) is 4.98 Å². The van der Waals surface area contributed by atoms with E-state index < -0.39 is 12.1 Å². The van der Waals surface area contributed by atoms with Crippen molar-refractivity contribution in [3.8, 4) is 0 Å². The van der Waals surface area contributed by atoms with Crippen LogP contribution in [0.1, 0.15) is 58.0 Å². The van der Waals surface area contributed by atoms with Gasteiger partial charge in [0.25, 0.3) is 0 Å². The summed E-state index contributed by atoms with van der Waals surface area (Å²) < 4.78 is 0.906. The lowest BCUT2D eigenvalue weighted by Gasteiger charge is -2.32. The molecule has 1 saturated carbocycles. The summed E-state index contributed by atoms with van der Waals surface area (Å²) in [4.78, 5) is 40.7. The molecule has 2 aromatic heterocycles. The fourth-order valence-corrected chi connectivity index (χ4v) is 4.75. The van der Waals surface area contributed by atoms with E-state index in [0.717, 1.165) is 10.1 Å². The van der Waals surface area contributed by atoms with Gasteiger partial charge in [-0.2, -0.15) is 0 Å². The Balaban J connectivity index is 1.59. The summed E-state index contributed by atoms with van der Waals surface area (Å²) >= 11 is 0. The molecule has 0 amide bonds. The Morgan fingerprint density at radius 1 is 1.06 bits per heavy atom. The van der Waals surface area contributed by atoms with Gasteiger partial charge >= 0.3 is 12.1 Å². The van der Waals surface area contributed by atoms with Crippen molar-refractivity contribution in [3.05, 3.63) is 59.5 Å². The number of pyridine rings is 1. The minimum Gasteiger partial charge on any atom is -0.478 e. The van der Waals surface area contributed by atoms with E-state index in [1.165, 1.54) is 24.4 Å². The van der Waals surface area contributed by atoms with Gasteiger partial charge in [-0.25, -0.2) is 9.59 Å². The predicted octanol–water partition coefficient (Wildman–Crippen LogP) is 3.53. The van der Waals surface area contributed by atoms with Gasteiger partial charge in [-0.15, -0.1) is 0 Å². The van der Waals surface area contributed by atoms with Gasteiger partial charge in [-0.3, -0.25) is 14.3 Å². The predicted molar refractivity (Wildman–Crippen MR) is 118 cm³/mol. The number of rotatable bonds is 5. The fourth-order valence-electron chi connectivity index (χ4n) is 4.75. The van der Waals surface area contributed by atoms with Crippen molar-refractivity contribution in [1.82, 2.24) is 9.55 Å². The maximum absolute atomic E-state index is 13.4. The lowest BCUT2D eigenvalue weighted by molar-refractivity contribution is 0.0699. The highest BCUT2D eigenvalue weighted by Crippen LogP contribution is 2.39. The molecule has 4 rings (SSSR count). The molecule has 166 valence electrons. The average molecular weight is 436 g/mol. The Labute approximate surface area is 183 Å². The van der Waals surface area contributed by atoms with Crippen molar-refractivity contribution >= 4 is 34.4 Å². The van der Waals surface area contributed by atoms with Crippen LogP contribution >= 0.6 is 0 Å². The Morgan fingerprint density at radius 3 is 2.41 bits per heavy atom. The highest BCUT2D eigenvalue weighted by atomic mass is 16.4. The van der Waals surface area contributed by atoms with Gasteiger partial charge in [0.2, 0.25) is 0 Å². The summed E-state index contributed by atoms with van der Waals surface area (Å²) in [6.45, 7) is 0. The lowest BCUT2D eigenvalue weighted by Crippen LogP contribution is -2.29. The summed E-state index contributed by atoms with van der Waals surface area (Å²) in [5.41, 5.74) is 14.1. The Morgan fingerprint density at radius 2 is 1.78 bits per heavy atom. The third-order valence-electron chi connectivity index (χ3n) is 6.43. The van der Waals surface area contributed by atoms with Crippen LogP contribution < -0.4 is 11.5 Å². The van der Waals surface area contributed by atoms with Crippen LogP contribution in [0.5, 0.6) is 0 Å². The number of anilines is 1. The number of Topliss-reactive ketones (excluding diaryl/α,β-unsaturated/α-hetero) is 1. The Bertz CT molecular complexity index is 1210. The largest absolute Gasteiger partial charge is 0.478 e. The smallest absolute Gasteiger partial charge is 0.416 e. The molecule has 0 radical (unpaired) electrons. The van der Waals surface area contributed by atoms with Crippen LogP contribution in [0.2, 0.25) is 0 Å². The first-order chi connectivity index (χ1) is 15.3. The van der Waals surface area contributed by atoms with E-state index in [1.807, 2.05) is 6.07 Å². The van der Waals surface area contributed by atoms with Gasteiger partial charge in [0.15, 0.2) is 5.78 Å². The zero-order valence-electron chi connectivity index (χ0n) is 17.3. The molecule has 1 fully saturated rings. The molecule has 1 atom stereocenters. The van der Waals surface area contributed by atoms with Gasteiger partial charge in [0.1, 0.15) is 0 Å². The number of carboxylic acids is 1. The summed E-state index contributed by atoms with van der Waals surface area (Å²) in [7, 11) is 0. The van der Waals surface area contributed by atoms with Crippen molar-refractivity contribution in [1.29, 1.82) is 0 Å². The molecule has 0 saturated heterocycles. The van der Waals surface area contributed by atoms with E-state index in [4.69, 9.17) is 11.5 Å². The molecule has 9 nitrogen and oxygen atoms in total.